The molecule has 2 fully saturated rings. The molecule has 2 aliphatic rings. The molecular formula is C16H20N6O2S. The van der Waals surface area contributed by atoms with Crippen molar-refractivity contribution in [3.8, 4) is 0 Å². The van der Waals surface area contributed by atoms with Gasteiger partial charge in [-0.05, 0) is 32.2 Å². The highest BCUT2D eigenvalue weighted by Gasteiger charge is 2.25. The van der Waals surface area contributed by atoms with E-state index in [0.717, 1.165) is 55.7 Å². The van der Waals surface area contributed by atoms with Gasteiger partial charge >= 0.3 is 0 Å². The maximum Gasteiger partial charge on any atom is 0.260 e. The molecule has 0 aliphatic carbocycles. The molecule has 25 heavy (non-hydrogen) atoms. The third kappa shape index (κ3) is 3.35. The number of carbonyl (C=O) groups excluding carboxylic acids is 1. The zero-order valence-corrected chi connectivity index (χ0v) is 14.7. The molecule has 2 aliphatic heterocycles. The lowest BCUT2D eigenvalue weighted by atomic mass is 10.3. The molecule has 2 aromatic rings. The summed E-state index contributed by atoms with van der Waals surface area (Å²) in [4.78, 5) is 21.7. The monoisotopic (exact) mass is 360 g/mol. The van der Waals surface area contributed by atoms with Crippen LogP contribution in [0.3, 0.4) is 0 Å². The van der Waals surface area contributed by atoms with Crippen LogP contribution in [0.25, 0.3) is 11.7 Å². The van der Waals surface area contributed by atoms with Gasteiger partial charge in [-0.25, -0.2) is 9.50 Å². The van der Waals surface area contributed by atoms with E-state index in [1.807, 2.05) is 12.3 Å². The van der Waals surface area contributed by atoms with Crippen LogP contribution in [0.2, 0.25) is 0 Å². The summed E-state index contributed by atoms with van der Waals surface area (Å²) >= 11 is 1.09. The number of aliphatic hydroxyl groups is 1. The molecule has 1 unspecified atom stereocenters. The predicted octanol–water partition coefficient (Wildman–Crippen LogP) is 0.351. The quantitative estimate of drug-likeness (QED) is 0.748. The Kier molecular flexibility index (Phi) is 4.36. The van der Waals surface area contributed by atoms with Gasteiger partial charge < -0.3 is 20.2 Å². The molecule has 2 aromatic heterocycles. The summed E-state index contributed by atoms with van der Waals surface area (Å²) in [6, 6.07) is 1.98. The molecule has 2 saturated heterocycles. The van der Waals surface area contributed by atoms with E-state index in [1.54, 1.807) is 16.8 Å². The Hall–Kier alpha value is -2.10. The average molecular weight is 360 g/mol. The van der Waals surface area contributed by atoms with Crippen LogP contribution in [-0.4, -0.2) is 69.3 Å². The van der Waals surface area contributed by atoms with Gasteiger partial charge in [0.05, 0.1) is 11.1 Å². The smallest absolute Gasteiger partial charge is 0.260 e. The van der Waals surface area contributed by atoms with Gasteiger partial charge in [0.2, 0.25) is 0 Å². The number of nitrogens with zero attached hydrogens (tertiary/aromatic N) is 5. The fourth-order valence-corrected chi connectivity index (χ4v) is 3.83. The van der Waals surface area contributed by atoms with Crippen molar-refractivity contribution in [3.63, 3.8) is 0 Å². The summed E-state index contributed by atoms with van der Waals surface area (Å²) in [6.45, 7) is 4.02. The first-order valence-electron chi connectivity index (χ1n) is 8.25. The number of aromatic nitrogens is 3. The van der Waals surface area contributed by atoms with E-state index in [0.29, 0.717) is 10.6 Å². The number of fused-ring (bicyclic) bond motifs is 1. The molecule has 0 spiro atoms. The lowest BCUT2D eigenvalue weighted by Crippen LogP contribution is -2.29. The third-order valence-electron chi connectivity index (χ3n) is 4.43. The Bertz CT molecular complexity index is 835. The number of carbonyl (C=O) groups is 1. The molecule has 0 bridgehead atoms. The highest BCUT2D eigenvalue weighted by Crippen LogP contribution is 2.28. The van der Waals surface area contributed by atoms with Crippen LogP contribution in [0.1, 0.15) is 12.0 Å². The number of aliphatic hydroxyl groups excluding tert-OH is 1. The van der Waals surface area contributed by atoms with Crippen molar-refractivity contribution < 1.29 is 9.90 Å². The van der Waals surface area contributed by atoms with E-state index in [4.69, 9.17) is 4.98 Å². The van der Waals surface area contributed by atoms with Gasteiger partial charge in [-0.15, -0.1) is 0 Å². The fourth-order valence-electron chi connectivity index (χ4n) is 3.06. The first kappa shape index (κ1) is 16.4. The third-order valence-corrected chi connectivity index (χ3v) is 5.33. The molecule has 9 heteroatoms. The largest absolute Gasteiger partial charge is 0.364 e. The van der Waals surface area contributed by atoms with Crippen LogP contribution in [-0.2, 0) is 4.79 Å². The summed E-state index contributed by atoms with van der Waals surface area (Å²) < 4.78 is 1.70. The van der Waals surface area contributed by atoms with Gasteiger partial charge in [-0.2, -0.15) is 5.10 Å². The SMILES string of the molecule is CN1CCCN(c2ccn3ncc(/C=C4\SC(O)NC4=O)c3n2)CC1. The molecule has 0 saturated carbocycles. The zero-order valence-electron chi connectivity index (χ0n) is 13.9. The second kappa shape index (κ2) is 6.66. The molecule has 4 heterocycles. The van der Waals surface area contributed by atoms with E-state index < -0.39 is 5.56 Å². The first-order chi connectivity index (χ1) is 12.1. The van der Waals surface area contributed by atoms with Crippen molar-refractivity contribution >= 4 is 35.2 Å². The number of rotatable bonds is 2. The first-order valence-corrected chi connectivity index (χ1v) is 9.13. The van der Waals surface area contributed by atoms with E-state index in [9.17, 15) is 9.90 Å². The Morgan fingerprint density at radius 2 is 2.24 bits per heavy atom. The predicted molar refractivity (Wildman–Crippen MR) is 97.0 cm³/mol. The molecule has 132 valence electrons. The highest BCUT2D eigenvalue weighted by molar-refractivity contribution is 8.05. The maximum absolute atomic E-state index is 11.8. The van der Waals surface area contributed by atoms with Gasteiger partial charge in [0.25, 0.3) is 5.91 Å². The number of hydrogen-bond acceptors (Lipinski definition) is 7. The second-order valence-electron chi connectivity index (χ2n) is 6.25. The van der Waals surface area contributed by atoms with Crippen molar-refractivity contribution in [1.29, 1.82) is 0 Å². The minimum absolute atomic E-state index is 0.274. The second-order valence-corrected chi connectivity index (χ2v) is 7.37. The maximum atomic E-state index is 11.8. The topological polar surface area (TPSA) is 86.0 Å². The van der Waals surface area contributed by atoms with Gasteiger partial charge in [0.1, 0.15) is 5.82 Å². The van der Waals surface area contributed by atoms with E-state index in [2.05, 4.69) is 27.3 Å². The van der Waals surface area contributed by atoms with Crippen molar-refractivity contribution in [2.24, 2.45) is 0 Å². The van der Waals surface area contributed by atoms with Crippen LogP contribution >= 0.6 is 11.8 Å². The van der Waals surface area contributed by atoms with E-state index >= 15 is 0 Å². The average Bonchev–Trinajstić information content (AvgIpc) is 3.04. The normalized spacial score (nSPS) is 24.1. The number of anilines is 1. The van der Waals surface area contributed by atoms with E-state index in [1.165, 1.54) is 0 Å². The van der Waals surface area contributed by atoms with Gasteiger partial charge in [-0.3, -0.25) is 4.79 Å². The molecule has 4 rings (SSSR count). The summed E-state index contributed by atoms with van der Waals surface area (Å²) in [5.41, 5.74) is 0.580. The number of likely N-dealkylation sites (N-methyl/N-ethyl adjacent to an activating group) is 1. The fraction of sp³-hybridized carbons (Fsp3) is 0.438. The molecule has 0 aromatic carbocycles. The van der Waals surface area contributed by atoms with Crippen LogP contribution in [0, 0.1) is 0 Å². The zero-order chi connectivity index (χ0) is 17.4. The van der Waals surface area contributed by atoms with Crippen LogP contribution < -0.4 is 10.2 Å². The highest BCUT2D eigenvalue weighted by atomic mass is 32.2. The molecule has 1 atom stereocenters. The lowest BCUT2D eigenvalue weighted by Gasteiger charge is -2.21. The summed E-state index contributed by atoms with van der Waals surface area (Å²) in [5.74, 6) is 0.648. The molecular weight excluding hydrogens is 340 g/mol. The number of amides is 1. The minimum Gasteiger partial charge on any atom is -0.364 e. The minimum atomic E-state index is -0.891. The summed E-state index contributed by atoms with van der Waals surface area (Å²) in [6.07, 6.45) is 6.42. The van der Waals surface area contributed by atoms with Crippen LogP contribution in [0.5, 0.6) is 0 Å². The van der Waals surface area contributed by atoms with Gasteiger partial charge in [0.15, 0.2) is 11.2 Å². The standard InChI is InChI=1S/C16H20N6O2S/c1-20-4-2-5-21(8-7-20)13-3-6-22-14(18-13)11(10-17-22)9-12-15(23)19-16(24)25-12/h3,6,9-10,16,24H,2,4-5,7-8H2,1H3,(H,19,23)/b12-9-. The van der Waals surface area contributed by atoms with Crippen molar-refractivity contribution in [3.05, 3.63) is 28.9 Å². The molecule has 0 radical (unpaired) electrons. The van der Waals surface area contributed by atoms with Crippen molar-refractivity contribution in [2.75, 3.05) is 38.1 Å². The Balaban J connectivity index is 1.66. The van der Waals surface area contributed by atoms with Gasteiger partial charge in [0, 0.05) is 31.4 Å². The molecule has 2 N–H and O–H groups in total. The Labute approximate surface area is 149 Å². The number of nitrogens with one attached hydrogen (secondary N) is 1. The molecule has 1 amide bonds. The van der Waals surface area contributed by atoms with Gasteiger partial charge in [-0.1, -0.05) is 11.8 Å². The Morgan fingerprint density at radius 1 is 1.36 bits per heavy atom. The molecule has 8 nitrogen and oxygen atoms in total. The van der Waals surface area contributed by atoms with Crippen LogP contribution in [0.15, 0.2) is 23.4 Å². The number of thioether (sulfide) groups is 1. The van der Waals surface area contributed by atoms with E-state index in [-0.39, 0.29) is 5.91 Å². The lowest BCUT2D eigenvalue weighted by molar-refractivity contribution is -0.117. The Morgan fingerprint density at radius 3 is 3.04 bits per heavy atom. The summed E-state index contributed by atoms with van der Waals surface area (Å²) in [5, 5.41) is 16.3. The van der Waals surface area contributed by atoms with Crippen molar-refractivity contribution in [2.45, 2.75) is 12.0 Å². The number of hydrogen-bond donors (Lipinski definition) is 2. The van der Waals surface area contributed by atoms with Crippen LogP contribution in [0.4, 0.5) is 5.82 Å². The summed E-state index contributed by atoms with van der Waals surface area (Å²) in [7, 11) is 2.14. The van der Waals surface area contributed by atoms with Crippen molar-refractivity contribution in [1.82, 2.24) is 24.8 Å².